The molecule has 2 amide bonds. The van der Waals surface area contributed by atoms with Crippen molar-refractivity contribution in [2.45, 2.75) is 45.2 Å². The highest BCUT2D eigenvalue weighted by Crippen LogP contribution is 2.30. The highest BCUT2D eigenvalue weighted by molar-refractivity contribution is 5.76. The summed E-state index contributed by atoms with van der Waals surface area (Å²) >= 11 is 0. The Morgan fingerprint density at radius 3 is 2.41 bits per heavy atom. The SMILES string of the molecule is CC1CC1NC(=O)N1CCC(C(=O)O)CC1C. The zero-order valence-corrected chi connectivity index (χ0v) is 10.3. The number of urea groups is 1. The zero-order valence-electron chi connectivity index (χ0n) is 10.3. The van der Waals surface area contributed by atoms with Crippen LogP contribution in [0.2, 0.25) is 0 Å². The molecular formula is C12H20N2O3. The van der Waals surface area contributed by atoms with Crippen molar-refractivity contribution in [3.63, 3.8) is 0 Å². The van der Waals surface area contributed by atoms with Crippen molar-refractivity contribution in [3.05, 3.63) is 0 Å². The molecule has 0 aromatic heterocycles. The number of carboxylic acids is 1. The Bertz CT molecular complexity index is 332. The molecule has 1 aliphatic carbocycles. The van der Waals surface area contributed by atoms with Crippen LogP contribution in [-0.4, -0.2) is 40.6 Å². The van der Waals surface area contributed by atoms with Crippen LogP contribution in [0.15, 0.2) is 0 Å². The standard InChI is InChI=1S/C12H20N2O3/c1-7-5-10(7)13-12(17)14-4-3-9(11(15)16)6-8(14)2/h7-10H,3-6H2,1-2H3,(H,13,17)(H,15,16). The quantitative estimate of drug-likeness (QED) is 0.764. The van der Waals surface area contributed by atoms with Gasteiger partial charge in [-0.05, 0) is 32.1 Å². The summed E-state index contributed by atoms with van der Waals surface area (Å²) in [6.07, 6.45) is 2.18. The van der Waals surface area contributed by atoms with E-state index in [1.54, 1.807) is 4.90 Å². The molecule has 5 heteroatoms. The van der Waals surface area contributed by atoms with Crippen LogP contribution in [0.4, 0.5) is 4.79 Å². The van der Waals surface area contributed by atoms with Crippen molar-refractivity contribution < 1.29 is 14.7 Å². The van der Waals surface area contributed by atoms with Gasteiger partial charge in [-0.15, -0.1) is 0 Å². The van der Waals surface area contributed by atoms with Gasteiger partial charge < -0.3 is 15.3 Å². The molecule has 0 bridgehead atoms. The van der Waals surface area contributed by atoms with Crippen LogP contribution < -0.4 is 5.32 Å². The number of hydrogen-bond donors (Lipinski definition) is 2. The van der Waals surface area contributed by atoms with Crippen molar-refractivity contribution >= 4 is 12.0 Å². The number of carbonyl (C=O) groups excluding carboxylic acids is 1. The number of nitrogens with one attached hydrogen (secondary N) is 1. The molecule has 1 saturated heterocycles. The number of carbonyl (C=O) groups is 2. The maximum atomic E-state index is 11.9. The van der Waals surface area contributed by atoms with Gasteiger partial charge in [-0.25, -0.2) is 4.79 Å². The van der Waals surface area contributed by atoms with Gasteiger partial charge in [-0.1, -0.05) is 6.92 Å². The van der Waals surface area contributed by atoms with Gasteiger partial charge in [-0.2, -0.15) is 0 Å². The number of amides is 2. The minimum atomic E-state index is -0.743. The lowest BCUT2D eigenvalue weighted by molar-refractivity contribution is -0.143. The molecule has 1 aliphatic heterocycles. The summed E-state index contributed by atoms with van der Waals surface area (Å²) in [5.41, 5.74) is 0. The van der Waals surface area contributed by atoms with Gasteiger partial charge in [0.2, 0.25) is 0 Å². The van der Waals surface area contributed by atoms with Crippen molar-refractivity contribution in [2.75, 3.05) is 6.54 Å². The summed E-state index contributed by atoms with van der Waals surface area (Å²) in [6.45, 7) is 4.58. The number of hydrogen-bond acceptors (Lipinski definition) is 2. The maximum Gasteiger partial charge on any atom is 0.317 e. The van der Waals surface area contributed by atoms with Crippen LogP contribution in [0.1, 0.15) is 33.1 Å². The van der Waals surface area contributed by atoms with E-state index in [-0.39, 0.29) is 18.0 Å². The van der Waals surface area contributed by atoms with E-state index in [1.165, 1.54) is 0 Å². The van der Waals surface area contributed by atoms with Crippen molar-refractivity contribution in [1.82, 2.24) is 10.2 Å². The fraction of sp³-hybridized carbons (Fsp3) is 0.833. The predicted octanol–water partition coefficient (Wildman–Crippen LogP) is 1.29. The average molecular weight is 240 g/mol. The van der Waals surface area contributed by atoms with Crippen LogP contribution in [0, 0.1) is 11.8 Å². The Morgan fingerprint density at radius 1 is 1.29 bits per heavy atom. The van der Waals surface area contributed by atoms with Crippen molar-refractivity contribution in [3.8, 4) is 0 Å². The minimum Gasteiger partial charge on any atom is -0.481 e. The number of piperidine rings is 1. The topological polar surface area (TPSA) is 69.6 Å². The summed E-state index contributed by atoms with van der Waals surface area (Å²) in [5, 5.41) is 11.9. The van der Waals surface area contributed by atoms with Gasteiger partial charge in [0, 0.05) is 18.6 Å². The van der Waals surface area contributed by atoms with E-state index in [0.29, 0.717) is 31.3 Å². The molecular weight excluding hydrogens is 220 g/mol. The summed E-state index contributed by atoms with van der Waals surface area (Å²) in [6, 6.07) is 0.307. The third kappa shape index (κ3) is 2.70. The zero-order chi connectivity index (χ0) is 12.6. The lowest BCUT2D eigenvalue weighted by Crippen LogP contribution is -2.50. The lowest BCUT2D eigenvalue weighted by atomic mass is 9.92. The Hall–Kier alpha value is -1.26. The molecule has 2 fully saturated rings. The second kappa shape index (κ2) is 4.55. The number of rotatable bonds is 2. The fourth-order valence-electron chi connectivity index (χ4n) is 2.46. The maximum absolute atomic E-state index is 11.9. The Kier molecular flexibility index (Phi) is 3.26. The Morgan fingerprint density at radius 2 is 1.94 bits per heavy atom. The number of carboxylic acid groups (broad SMARTS) is 1. The molecule has 0 spiro atoms. The first-order valence-electron chi connectivity index (χ1n) is 6.29. The normalized spacial score (nSPS) is 36.5. The molecule has 0 radical (unpaired) electrons. The van der Waals surface area contributed by atoms with Gasteiger partial charge in [0.05, 0.1) is 5.92 Å². The average Bonchev–Trinajstić information content (AvgIpc) is 2.93. The molecule has 5 nitrogen and oxygen atoms in total. The second-order valence-electron chi connectivity index (χ2n) is 5.37. The Labute approximate surface area is 101 Å². The first-order valence-corrected chi connectivity index (χ1v) is 6.29. The van der Waals surface area contributed by atoms with Gasteiger partial charge >= 0.3 is 12.0 Å². The number of likely N-dealkylation sites (tertiary alicyclic amines) is 1. The van der Waals surface area contributed by atoms with E-state index >= 15 is 0 Å². The van der Waals surface area contributed by atoms with E-state index in [0.717, 1.165) is 6.42 Å². The predicted molar refractivity (Wildman–Crippen MR) is 62.6 cm³/mol. The van der Waals surface area contributed by atoms with Crippen LogP contribution in [0.25, 0.3) is 0 Å². The smallest absolute Gasteiger partial charge is 0.317 e. The van der Waals surface area contributed by atoms with Crippen molar-refractivity contribution in [2.24, 2.45) is 11.8 Å². The summed E-state index contributed by atoms with van der Waals surface area (Å²) in [4.78, 5) is 24.6. The van der Waals surface area contributed by atoms with Crippen LogP contribution >= 0.6 is 0 Å². The van der Waals surface area contributed by atoms with E-state index < -0.39 is 5.97 Å². The first-order chi connectivity index (χ1) is 7.99. The van der Waals surface area contributed by atoms with E-state index in [4.69, 9.17) is 5.11 Å². The molecule has 1 saturated carbocycles. The van der Waals surface area contributed by atoms with E-state index in [2.05, 4.69) is 12.2 Å². The third-order valence-corrected chi connectivity index (χ3v) is 3.90. The molecule has 1 heterocycles. The molecule has 4 atom stereocenters. The fourth-order valence-corrected chi connectivity index (χ4v) is 2.46. The van der Waals surface area contributed by atoms with Crippen molar-refractivity contribution in [1.29, 1.82) is 0 Å². The molecule has 0 aromatic rings. The van der Waals surface area contributed by atoms with E-state index in [1.807, 2.05) is 6.92 Å². The number of aliphatic carboxylic acids is 1. The molecule has 4 unspecified atom stereocenters. The molecule has 2 rings (SSSR count). The molecule has 0 aromatic carbocycles. The Balaban J connectivity index is 1.85. The lowest BCUT2D eigenvalue weighted by Gasteiger charge is -2.36. The molecule has 2 N–H and O–H groups in total. The highest BCUT2D eigenvalue weighted by atomic mass is 16.4. The molecule has 2 aliphatic rings. The molecule has 17 heavy (non-hydrogen) atoms. The van der Waals surface area contributed by atoms with Gasteiger partial charge in [-0.3, -0.25) is 4.79 Å². The monoisotopic (exact) mass is 240 g/mol. The van der Waals surface area contributed by atoms with E-state index in [9.17, 15) is 9.59 Å². The minimum absolute atomic E-state index is 0.0129. The van der Waals surface area contributed by atoms with Crippen LogP contribution in [-0.2, 0) is 4.79 Å². The van der Waals surface area contributed by atoms with Gasteiger partial charge in [0.15, 0.2) is 0 Å². The van der Waals surface area contributed by atoms with Gasteiger partial charge in [0.25, 0.3) is 0 Å². The molecule has 96 valence electrons. The van der Waals surface area contributed by atoms with Gasteiger partial charge in [0.1, 0.15) is 0 Å². The first kappa shape index (κ1) is 12.2. The summed E-state index contributed by atoms with van der Waals surface area (Å²) < 4.78 is 0. The third-order valence-electron chi connectivity index (χ3n) is 3.90. The van der Waals surface area contributed by atoms with Crippen LogP contribution in [0.3, 0.4) is 0 Å². The summed E-state index contributed by atoms with van der Waals surface area (Å²) in [5.74, 6) is -0.451. The number of nitrogens with zero attached hydrogens (tertiary/aromatic N) is 1. The highest BCUT2D eigenvalue weighted by Gasteiger charge is 2.37. The summed E-state index contributed by atoms with van der Waals surface area (Å²) in [7, 11) is 0. The largest absolute Gasteiger partial charge is 0.481 e. The van der Waals surface area contributed by atoms with Crippen LogP contribution in [0.5, 0.6) is 0 Å². The second-order valence-corrected chi connectivity index (χ2v) is 5.37.